The molecule has 0 heterocycles. The van der Waals surface area contributed by atoms with Crippen LogP contribution in [0, 0.1) is 11.3 Å². The molecule has 0 radical (unpaired) electrons. The first-order valence-corrected chi connectivity index (χ1v) is 4.64. The van der Waals surface area contributed by atoms with E-state index in [0.717, 1.165) is 0 Å². The van der Waals surface area contributed by atoms with E-state index in [2.05, 4.69) is 6.07 Å². The zero-order chi connectivity index (χ0) is 11.1. The molecule has 0 spiro atoms. The molecule has 1 atom stereocenters. The van der Waals surface area contributed by atoms with E-state index in [1.54, 1.807) is 19.2 Å². The Labute approximate surface area is 101 Å². The highest BCUT2D eigenvalue weighted by Crippen LogP contribution is 2.22. The van der Waals surface area contributed by atoms with Crippen molar-refractivity contribution in [2.24, 2.45) is 0 Å². The fourth-order valence-electron chi connectivity index (χ4n) is 1.20. The molecule has 1 aromatic carbocycles. The smallest absolute Gasteiger partial charge is 0.171 e. The van der Waals surface area contributed by atoms with Crippen molar-refractivity contribution in [2.45, 2.75) is 6.10 Å². The van der Waals surface area contributed by atoms with Crippen molar-refractivity contribution in [3.63, 3.8) is 0 Å². The number of para-hydroxylation sites is 1. The van der Waals surface area contributed by atoms with E-state index >= 15 is 0 Å². The predicted octanol–water partition coefficient (Wildman–Crippen LogP) is 1.92. The Morgan fingerprint density at radius 2 is 2.06 bits per heavy atom. The highest BCUT2D eigenvalue weighted by molar-refractivity contribution is 5.85. The van der Waals surface area contributed by atoms with Crippen LogP contribution in [0.25, 0.3) is 0 Å². The van der Waals surface area contributed by atoms with Gasteiger partial charge in [0.05, 0.1) is 19.3 Å². The third kappa shape index (κ3) is 4.07. The number of methoxy groups -OCH3 is 1. The SMILES string of the molecule is COCCOC(C#N)c1ccccc1N.Cl. The van der Waals surface area contributed by atoms with Gasteiger partial charge in [0.2, 0.25) is 0 Å². The molecule has 0 bridgehead atoms. The molecule has 5 heteroatoms. The molecule has 0 saturated heterocycles. The summed E-state index contributed by atoms with van der Waals surface area (Å²) in [5.41, 5.74) is 7.01. The second-order valence-electron chi connectivity index (χ2n) is 3.00. The first-order valence-electron chi connectivity index (χ1n) is 4.64. The Balaban J connectivity index is 0.00000225. The van der Waals surface area contributed by atoms with E-state index < -0.39 is 6.10 Å². The number of nitrogen functional groups attached to an aromatic ring is 1. The normalized spacial score (nSPS) is 11.2. The molecular weight excluding hydrogens is 228 g/mol. The summed E-state index contributed by atoms with van der Waals surface area (Å²) in [7, 11) is 1.58. The van der Waals surface area contributed by atoms with Crippen LogP contribution in [0.4, 0.5) is 5.69 Å². The molecule has 0 fully saturated rings. The van der Waals surface area contributed by atoms with Crippen LogP contribution in [0.3, 0.4) is 0 Å². The van der Waals surface area contributed by atoms with Gasteiger partial charge in [-0.1, -0.05) is 18.2 Å². The zero-order valence-electron chi connectivity index (χ0n) is 9.05. The molecule has 0 aliphatic rings. The Hall–Kier alpha value is -1.28. The molecule has 1 unspecified atom stereocenters. The lowest BCUT2D eigenvalue weighted by Crippen LogP contribution is -2.09. The van der Waals surface area contributed by atoms with Gasteiger partial charge in [0, 0.05) is 18.4 Å². The van der Waals surface area contributed by atoms with Crippen LogP contribution in [0.15, 0.2) is 24.3 Å². The highest BCUT2D eigenvalue weighted by Gasteiger charge is 2.12. The highest BCUT2D eigenvalue weighted by atomic mass is 35.5. The topological polar surface area (TPSA) is 68.3 Å². The van der Waals surface area contributed by atoms with E-state index in [9.17, 15) is 0 Å². The molecule has 0 aliphatic carbocycles. The number of anilines is 1. The second kappa shape index (κ2) is 7.94. The lowest BCUT2D eigenvalue weighted by atomic mass is 10.1. The molecule has 0 aromatic heterocycles. The van der Waals surface area contributed by atoms with Gasteiger partial charge in [0.25, 0.3) is 0 Å². The number of nitrogens with zero attached hydrogens (tertiary/aromatic N) is 1. The Morgan fingerprint density at radius 3 is 2.62 bits per heavy atom. The summed E-state index contributed by atoms with van der Waals surface area (Å²) in [5, 5.41) is 8.93. The molecule has 0 amide bonds. The molecule has 2 N–H and O–H groups in total. The van der Waals surface area contributed by atoms with E-state index in [0.29, 0.717) is 24.5 Å². The number of benzene rings is 1. The van der Waals surface area contributed by atoms with Gasteiger partial charge in [-0.2, -0.15) is 5.26 Å². The Morgan fingerprint density at radius 1 is 1.38 bits per heavy atom. The maximum atomic E-state index is 8.93. The van der Waals surface area contributed by atoms with Gasteiger partial charge in [-0.15, -0.1) is 12.4 Å². The molecule has 16 heavy (non-hydrogen) atoms. The quantitative estimate of drug-likeness (QED) is 0.633. The van der Waals surface area contributed by atoms with E-state index in [1.807, 2.05) is 12.1 Å². The van der Waals surface area contributed by atoms with Crippen molar-refractivity contribution in [2.75, 3.05) is 26.1 Å². The van der Waals surface area contributed by atoms with Gasteiger partial charge >= 0.3 is 0 Å². The number of rotatable bonds is 5. The molecule has 4 nitrogen and oxygen atoms in total. The summed E-state index contributed by atoms with van der Waals surface area (Å²) in [6.45, 7) is 0.841. The van der Waals surface area contributed by atoms with Crippen molar-refractivity contribution in [3.05, 3.63) is 29.8 Å². The van der Waals surface area contributed by atoms with Gasteiger partial charge in [-0.25, -0.2) is 0 Å². The minimum Gasteiger partial charge on any atom is -0.398 e. The van der Waals surface area contributed by atoms with Gasteiger partial charge in [0.1, 0.15) is 0 Å². The van der Waals surface area contributed by atoms with E-state index in [-0.39, 0.29) is 12.4 Å². The van der Waals surface area contributed by atoms with Crippen molar-refractivity contribution in [1.29, 1.82) is 5.26 Å². The monoisotopic (exact) mass is 242 g/mol. The molecule has 1 rings (SSSR count). The summed E-state index contributed by atoms with van der Waals surface area (Å²) in [5.74, 6) is 0. The van der Waals surface area contributed by atoms with Crippen LogP contribution in [0.1, 0.15) is 11.7 Å². The van der Waals surface area contributed by atoms with Crippen LogP contribution in [0.2, 0.25) is 0 Å². The largest absolute Gasteiger partial charge is 0.398 e. The fourth-order valence-corrected chi connectivity index (χ4v) is 1.20. The van der Waals surface area contributed by atoms with Crippen LogP contribution >= 0.6 is 12.4 Å². The van der Waals surface area contributed by atoms with Crippen molar-refractivity contribution in [3.8, 4) is 6.07 Å². The maximum Gasteiger partial charge on any atom is 0.171 e. The molecule has 0 aliphatic heterocycles. The van der Waals surface area contributed by atoms with E-state index in [1.165, 1.54) is 0 Å². The molecule has 0 saturated carbocycles. The summed E-state index contributed by atoms with van der Waals surface area (Å²) in [6, 6.07) is 9.25. The number of hydrogen-bond donors (Lipinski definition) is 1. The van der Waals surface area contributed by atoms with Crippen LogP contribution in [0.5, 0.6) is 0 Å². The van der Waals surface area contributed by atoms with Crippen LogP contribution in [-0.4, -0.2) is 20.3 Å². The number of hydrogen-bond acceptors (Lipinski definition) is 4. The van der Waals surface area contributed by atoms with Crippen molar-refractivity contribution in [1.82, 2.24) is 0 Å². The first kappa shape index (κ1) is 14.7. The Bertz CT molecular complexity index is 352. The minimum absolute atomic E-state index is 0. The first-order chi connectivity index (χ1) is 7.29. The minimum atomic E-state index is -0.624. The standard InChI is InChI=1S/C11H14N2O2.ClH/c1-14-6-7-15-11(8-12)9-4-2-3-5-10(9)13;/h2-5,11H,6-7,13H2,1H3;1H. The summed E-state index contributed by atoms with van der Waals surface area (Å²) < 4.78 is 10.2. The predicted molar refractivity (Wildman–Crippen MR) is 64.3 cm³/mol. The molecular formula is C11H15ClN2O2. The van der Waals surface area contributed by atoms with Crippen molar-refractivity contribution < 1.29 is 9.47 Å². The average molecular weight is 243 g/mol. The average Bonchev–Trinajstić information content (AvgIpc) is 2.26. The van der Waals surface area contributed by atoms with Gasteiger partial charge < -0.3 is 15.2 Å². The summed E-state index contributed by atoms with van der Waals surface area (Å²) >= 11 is 0. The number of nitrogens with two attached hydrogens (primary N) is 1. The van der Waals surface area contributed by atoms with Gasteiger partial charge in [0.15, 0.2) is 6.10 Å². The molecule has 88 valence electrons. The lowest BCUT2D eigenvalue weighted by molar-refractivity contribution is 0.0426. The van der Waals surface area contributed by atoms with E-state index in [4.69, 9.17) is 20.5 Å². The summed E-state index contributed by atoms with van der Waals surface area (Å²) in [4.78, 5) is 0. The van der Waals surface area contributed by atoms with Crippen molar-refractivity contribution >= 4 is 18.1 Å². The maximum absolute atomic E-state index is 8.93. The number of nitriles is 1. The number of halogens is 1. The second-order valence-corrected chi connectivity index (χ2v) is 3.00. The third-order valence-electron chi connectivity index (χ3n) is 1.97. The summed E-state index contributed by atoms with van der Waals surface area (Å²) in [6.07, 6.45) is -0.624. The van der Waals surface area contributed by atoms with Gasteiger partial charge in [-0.3, -0.25) is 0 Å². The molecule has 1 aromatic rings. The third-order valence-corrected chi connectivity index (χ3v) is 1.97. The number of ether oxygens (including phenoxy) is 2. The fraction of sp³-hybridized carbons (Fsp3) is 0.364. The zero-order valence-corrected chi connectivity index (χ0v) is 9.87. The lowest BCUT2D eigenvalue weighted by Gasteiger charge is -2.12. The van der Waals surface area contributed by atoms with Crippen LogP contribution in [-0.2, 0) is 9.47 Å². The Kier molecular flexibility index (Phi) is 7.31. The van der Waals surface area contributed by atoms with Gasteiger partial charge in [-0.05, 0) is 6.07 Å². The van der Waals surface area contributed by atoms with Crippen LogP contribution < -0.4 is 5.73 Å².